The van der Waals surface area contributed by atoms with Crippen LogP contribution in [0.2, 0.25) is 0 Å². The van der Waals surface area contributed by atoms with Crippen LogP contribution in [0, 0.1) is 11.8 Å². The van der Waals surface area contributed by atoms with Gasteiger partial charge in [0.1, 0.15) is 11.5 Å². The van der Waals surface area contributed by atoms with Gasteiger partial charge in [0, 0.05) is 0 Å². The lowest BCUT2D eigenvalue weighted by Gasteiger charge is -2.31. The first-order chi connectivity index (χ1) is 15.1. The Kier molecular flexibility index (Phi) is 5.14. The summed E-state index contributed by atoms with van der Waals surface area (Å²) in [5, 5.41) is 0. The number of carbonyl (C=O) groups excluding carboxylic acids is 2. The van der Waals surface area contributed by atoms with Gasteiger partial charge >= 0.3 is 5.97 Å². The van der Waals surface area contributed by atoms with Crippen molar-refractivity contribution < 1.29 is 19.1 Å². The number of carbonyl (C=O) groups is 2. The van der Waals surface area contributed by atoms with Gasteiger partial charge in [-0.3, -0.25) is 9.59 Å². The lowest BCUT2D eigenvalue weighted by molar-refractivity contribution is -0.154. The van der Waals surface area contributed by atoms with Crippen LogP contribution in [0.25, 0.3) is 0 Å². The predicted molar refractivity (Wildman–Crippen MR) is 116 cm³/mol. The summed E-state index contributed by atoms with van der Waals surface area (Å²) in [6.45, 7) is 2.87. The minimum atomic E-state index is -0.752. The highest BCUT2D eigenvalue weighted by Crippen LogP contribution is 2.54. The Morgan fingerprint density at radius 2 is 1.77 bits per heavy atom. The van der Waals surface area contributed by atoms with Crippen LogP contribution < -0.4 is 0 Å². The minimum Gasteiger partial charge on any atom is -0.465 e. The van der Waals surface area contributed by atoms with Gasteiger partial charge in [0.05, 0.1) is 31.2 Å². The summed E-state index contributed by atoms with van der Waals surface area (Å²) in [7, 11) is 0. The zero-order chi connectivity index (χ0) is 21.4. The first-order valence-corrected chi connectivity index (χ1v) is 11.1. The largest absolute Gasteiger partial charge is 0.465 e. The van der Waals surface area contributed by atoms with Crippen LogP contribution in [0.15, 0.2) is 72.8 Å². The molecule has 2 aromatic carbocycles. The fourth-order valence-corrected chi connectivity index (χ4v) is 5.25. The highest BCUT2D eigenvalue weighted by molar-refractivity contribution is 5.91. The summed E-state index contributed by atoms with van der Waals surface area (Å²) in [6.07, 6.45) is 5.31. The molecule has 2 aromatic rings. The van der Waals surface area contributed by atoms with E-state index < -0.39 is 17.4 Å². The SMILES string of the molecule is CCCCOC(=O)[C@H]1[C@H]2C(=O)N(C(c3ccccc3)c3ccccc3)C[C@@]23C=C[C@H]1O3. The molecule has 0 radical (unpaired) electrons. The average molecular weight is 418 g/mol. The maximum atomic E-state index is 13.8. The minimum absolute atomic E-state index is 0.0398. The first-order valence-electron chi connectivity index (χ1n) is 11.1. The Labute approximate surface area is 182 Å². The van der Waals surface area contributed by atoms with Gasteiger partial charge in [0.25, 0.3) is 0 Å². The monoisotopic (exact) mass is 417 g/mol. The molecule has 0 saturated carbocycles. The number of benzene rings is 2. The van der Waals surface area contributed by atoms with Gasteiger partial charge < -0.3 is 14.4 Å². The number of amides is 1. The normalized spacial score (nSPS) is 28.4. The predicted octanol–water partition coefficient (Wildman–Crippen LogP) is 3.90. The smallest absolute Gasteiger partial charge is 0.312 e. The van der Waals surface area contributed by atoms with Crippen molar-refractivity contribution in [3.63, 3.8) is 0 Å². The molecule has 2 fully saturated rings. The van der Waals surface area contributed by atoms with Crippen molar-refractivity contribution in [1.29, 1.82) is 0 Å². The van der Waals surface area contributed by atoms with Gasteiger partial charge in [0.15, 0.2) is 0 Å². The van der Waals surface area contributed by atoms with Crippen LogP contribution >= 0.6 is 0 Å². The van der Waals surface area contributed by atoms with Gasteiger partial charge in [-0.25, -0.2) is 0 Å². The van der Waals surface area contributed by atoms with Gasteiger partial charge in [-0.1, -0.05) is 86.2 Å². The molecule has 3 heterocycles. The molecule has 5 rings (SSSR count). The van der Waals surface area contributed by atoms with E-state index in [0.29, 0.717) is 13.2 Å². The van der Waals surface area contributed by atoms with E-state index in [4.69, 9.17) is 9.47 Å². The second-order valence-corrected chi connectivity index (χ2v) is 8.61. The number of rotatable bonds is 7. The molecular weight excluding hydrogens is 390 g/mol. The van der Waals surface area contributed by atoms with Crippen LogP contribution in [0.1, 0.15) is 36.9 Å². The number of nitrogens with zero attached hydrogens (tertiary/aromatic N) is 1. The number of hydrogen-bond acceptors (Lipinski definition) is 4. The Morgan fingerprint density at radius 1 is 1.13 bits per heavy atom. The fraction of sp³-hybridized carbons (Fsp3) is 0.385. The maximum absolute atomic E-state index is 13.8. The second-order valence-electron chi connectivity index (χ2n) is 8.61. The summed E-state index contributed by atoms with van der Waals surface area (Å²) in [6, 6.07) is 19.8. The fourth-order valence-electron chi connectivity index (χ4n) is 5.25. The van der Waals surface area contributed by atoms with Crippen LogP contribution in [-0.2, 0) is 19.1 Å². The lowest BCUT2D eigenvalue weighted by Crippen LogP contribution is -2.40. The molecule has 160 valence electrons. The lowest BCUT2D eigenvalue weighted by atomic mass is 9.77. The van der Waals surface area contributed by atoms with E-state index >= 15 is 0 Å². The van der Waals surface area contributed by atoms with Crippen molar-refractivity contribution in [2.24, 2.45) is 11.8 Å². The van der Waals surface area contributed by atoms with Gasteiger partial charge in [-0.15, -0.1) is 0 Å². The van der Waals surface area contributed by atoms with E-state index in [1.165, 1.54) is 0 Å². The summed E-state index contributed by atoms with van der Waals surface area (Å²) in [4.78, 5) is 28.6. The van der Waals surface area contributed by atoms with Crippen LogP contribution in [-0.4, -0.2) is 41.6 Å². The van der Waals surface area contributed by atoms with Crippen molar-refractivity contribution >= 4 is 11.9 Å². The van der Waals surface area contributed by atoms with Crippen LogP contribution in [0.5, 0.6) is 0 Å². The molecule has 2 bridgehead atoms. The zero-order valence-corrected chi connectivity index (χ0v) is 17.6. The second kappa shape index (κ2) is 7.97. The quantitative estimate of drug-likeness (QED) is 0.390. The van der Waals surface area contributed by atoms with Crippen molar-refractivity contribution in [2.45, 2.75) is 37.5 Å². The molecule has 0 unspecified atom stereocenters. The molecule has 0 N–H and O–H groups in total. The molecule has 3 aliphatic heterocycles. The van der Waals surface area contributed by atoms with E-state index in [-0.39, 0.29) is 24.0 Å². The third-order valence-electron chi connectivity index (χ3n) is 6.69. The van der Waals surface area contributed by atoms with E-state index in [1.54, 1.807) is 0 Å². The average Bonchev–Trinajstić information content (AvgIpc) is 3.44. The van der Waals surface area contributed by atoms with Gasteiger partial charge in [-0.05, 0) is 17.5 Å². The Morgan fingerprint density at radius 3 is 2.39 bits per heavy atom. The first kappa shape index (κ1) is 20.0. The molecule has 0 aromatic heterocycles. The van der Waals surface area contributed by atoms with E-state index in [9.17, 15) is 9.59 Å². The Hall–Kier alpha value is -2.92. The number of likely N-dealkylation sites (tertiary alicyclic amines) is 1. The van der Waals surface area contributed by atoms with Gasteiger partial charge in [0.2, 0.25) is 5.91 Å². The summed E-state index contributed by atoms with van der Waals surface area (Å²) >= 11 is 0. The molecule has 2 saturated heterocycles. The number of unbranched alkanes of at least 4 members (excludes halogenated alkanes) is 1. The van der Waals surface area contributed by atoms with Crippen LogP contribution in [0.3, 0.4) is 0 Å². The van der Waals surface area contributed by atoms with E-state index in [1.807, 2.05) is 77.7 Å². The molecule has 1 amide bonds. The Balaban J connectivity index is 1.49. The van der Waals surface area contributed by atoms with E-state index in [2.05, 4.69) is 6.92 Å². The topological polar surface area (TPSA) is 55.8 Å². The molecule has 31 heavy (non-hydrogen) atoms. The van der Waals surface area contributed by atoms with Crippen LogP contribution in [0.4, 0.5) is 0 Å². The third-order valence-corrected chi connectivity index (χ3v) is 6.69. The number of ether oxygens (including phenoxy) is 2. The molecule has 3 aliphatic rings. The van der Waals surface area contributed by atoms with E-state index in [0.717, 1.165) is 24.0 Å². The molecule has 4 atom stereocenters. The van der Waals surface area contributed by atoms with Crippen molar-refractivity contribution in [1.82, 2.24) is 4.90 Å². The zero-order valence-electron chi connectivity index (χ0n) is 17.6. The van der Waals surface area contributed by atoms with Gasteiger partial charge in [-0.2, -0.15) is 0 Å². The number of esters is 1. The van der Waals surface area contributed by atoms with Crippen molar-refractivity contribution in [3.05, 3.63) is 83.9 Å². The third kappa shape index (κ3) is 3.28. The molecule has 0 aliphatic carbocycles. The molecule has 5 heteroatoms. The standard InChI is InChI=1S/C26H27NO4/c1-2-3-16-30-25(29)21-20-14-15-26(31-20)17-27(24(28)22(21)26)23(18-10-6-4-7-11-18)19-12-8-5-9-13-19/h4-15,20-23H,2-3,16-17H2,1H3/t20-,21-,22+,26+/m1/s1. The number of fused-ring (bicyclic) bond motifs is 1. The maximum Gasteiger partial charge on any atom is 0.312 e. The highest BCUT2D eigenvalue weighted by atomic mass is 16.6. The summed E-state index contributed by atoms with van der Waals surface area (Å²) in [5.41, 5.74) is 1.33. The summed E-state index contributed by atoms with van der Waals surface area (Å²) in [5.74, 6) is -1.47. The number of hydrogen-bond donors (Lipinski definition) is 0. The summed E-state index contributed by atoms with van der Waals surface area (Å²) < 4.78 is 11.8. The molecule has 1 spiro atoms. The molecular formula is C26H27NO4. The Bertz CT molecular complexity index is 949. The highest BCUT2D eigenvalue weighted by Gasteiger charge is 2.68. The van der Waals surface area contributed by atoms with Crippen molar-refractivity contribution in [2.75, 3.05) is 13.2 Å². The molecule has 5 nitrogen and oxygen atoms in total. The van der Waals surface area contributed by atoms with Crippen molar-refractivity contribution in [3.8, 4) is 0 Å².